The number of benzene rings is 1. The zero-order valence-electron chi connectivity index (χ0n) is 13.9. The van der Waals surface area contributed by atoms with Crippen molar-refractivity contribution in [1.29, 1.82) is 5.26 Å². The molecule has 2 aromatic rings. The fraction of sp³-hybridized carbons (Fsp3) is 0.474. The molecule has 2 aliphatic rings. The van der Waals surface area contributed by atoms with Crippen LogP contribution in [0.4, 0.5) is 4.39 Å². The molecule has 0 bridgehead atoms. The number of halogens is 1. The van der Waals surface area contributed by atoms with E-state index in [0.29, 0.717) is 25.0 Å². The first-order valence-electron chi connectivity index (χ1n) is 8.59. The summed E-state index contributed by atoms with van der Waals surface area (Å²) in [6.45, 7) is 0.0338. The van der Waals surface area contributed by atoms with Crippen molar-refractivity contribution in [3.8, 4) is 11.8 Å². The highest BCUT2D eigenvalue weighted by Crippen LogP contribution is 2.51. The molecule has 1 N–H and O–H groups in total. The number of ether oxygens (including phenoxy) is 1. The molecule has 2 heterocycles. The van der Waals surface area contributed by atoms with E-state index < -0.39 is 11.3 Å². The first-order chi connectivity index (χ1) is 12.0. The van der Waals surface area contributed by atoms with E-state index in [2.05, 4.69) is 4.98 Å². The summed E-state index contributed by atoms with van der Waals surface area (Å²) in [6, 6.07) is 9.89. The molecular weight excluding hydrogens is 321 g/mol. The van der Waals surface area contributed by atoms with Gasteiger partial charge in [-0.1, -0.05) is 18.2 Å². The van der Waals surface area contributed by atoms with Crippen LogP contribution in [0, 0.1) is 11.3 Å². The van der Waals surface area contributed by atoms with Gasteiger partial charge in [-0.3, -0.25) is 0 Å². The Morgan fingerprint density at radius 3 is 2.96 bits per heavy atom. The van der Waals surface area contributed by atoms with Crippen LogP contribution in [0.2, 0.25) is 0 Å². The Labute approximate surface area is 145 Å². The maximum atomic E-state index is 14.9. The van der Waals surface area contributed by atoms with Crippen molar-refractivity contribution in [2.24, 2.45) is 0 Å². The predicted molar refractivity (Wildman–Crippen MR) is 88.8 cm³/mol. The van der Waals surface area contributed by atoms with Crippen LogP contribution in [0.5, 0.6) is 5.75 Å². The van der Waals surface area contributed by atoms with Crippen molar-refractivity contribution in [2.75, 3.05) is 0 Å². The van der Waals surface area contributed by atoms with Gasteiger partial charge >= 0.3 is 0 Å². The monoisotopic (exact) mass is 341 g/mol. The molecule has 0 radical (unpaired) electrons. The lowest BCUT2D eigenvalue weighted by atomic mass is 9.88. The fourth-order valence-electron chi connectivity index (χ4n) is 3.66. The molecule has 5 nitrogen and oxygen atoms in total. The van der Waals surface area contributed by atoms with Crippen molar-refractivity contribution in [1.82, 2.24) is 9.55 Å². The summed E-state index contributed by atoms with van der Waals surface area (Å²) in [7, 11) is 0. The van der Waals surface area contributed by atoms with Crippen LogP contribution in [0.25, 0.3) is 0 Å². The second kappa shape index (κ2) is 5.85. The van der Waals surface area contributed by atoms with Crippen molar-refractivity contribution in [2.45, 2.75) is 56.0 Å². The second-order valence-electron chi connectivity index (χ2n) is 7.11. The number of aliphatic hydroxyl groups is 1. The molecule has 6 heteroatoms. The SMILES string of the molecule is N#Cc1cncn1CC(O)(CCC1Cc2ccccc2O1)C1(F)CC1. The first kappa shape index (κ1) is 16.1. The van der Waals surface area contributed by atoms with Gasteiger partial charge in [-0.2, -0.15) is 5.26 Å². The average molecular weight is 341 g/mol. The lowest BCUT2D eigenvalue weighted by molar-refractivity contribution is -0.0750. The molecule has 1 aromatic carbocycles. The molecule has 2 atom stereocenters. The van der Waals surface area contributed by atoms with E-state index in [1.807, 2.05) is 30.3 Å². The second-order valence-corrected chi connectivity index (χ2v) is 7.11. The van der Waals surface area contributed by atoms with Crippen LogP contribution in [0.3, 0.4) is 0 Å². The Balaban J connectivity index is 1.47. The zero-order valence-corrected chi connectivity index (χ0v) is 13.9. The van der Waals surface area contributed by atoms with E-state index in [-0.39, 0.29) is 19.1 Å². The van der Waals surface area contributed by atoms with Gasteiger partial charge in [-0.25, -0.2) is 9.37 Å². The molecule has 25 heavy (non-hydrogen) atoms. The Bertz CT molecular complexity index is 799. The van der Waals surface area contributed by atoms with E-state index in [9.17, 15) is 9.50 Å². The molecule has 1 aliphatic carbocycles. The molecule has 4 rings (SSSR count). The van der Waals surface area contributed by atoms with Gasteiger partial charge in [-0.15, -0.1) is 0 Å². The fourth-order valence-corrected chi connectivity index (χ4v) is 3.66. The lowest BCUT2D eigenvalue weighted by Crippen LogP contribution is -2.46. The van der Waals surface area contributed by atoms with E-state index in [1.54, 1.807) is 0 Å². The molecule has 0 amide bonds. The maximum absolute atomic E-state index is 14.9. The van der Waals surface area contributed by atoms with E-state index in [4.69, 9.17) is 10.00 Å². The minimum atomic E-state index is -1.59. The molecule has 1 saturated carbocycles. The Morgan fingerprint density at radius 2 is 2.24 bits per heavy atom. The lowest BCUT2D eigenvalue weighted by Gasteiger charge is -2.33. The summed E-state index contributed by atoms with van der Waals surface area (Å²) in [5, 5.41) is 20.2. The van der Waals surface area contributed by atoms with Gasteiger partial charge in [0.25, 0.3) is 0 Å². The Morgan fingerprint density at radius 1 is 1.44 bits per heavy atom. The number of rotatable bonds is 6. The normalized spacial score (nSPS) is 22.5. The highest BCUT2D eigenvalue weighted by atomic mass is 19.1. The summed E-state index contributed by atoms with van der Waals surface area (Å²) >= 11 is 0. The van der Waals surface area contributed by atoms with E-state index in [1.165, 1.54) is 17.1 Å². The summed E-state index contributed by atoms with van der Waals surface area (Å²) in [6.07, 6.45) is 5.17. The molecule has 0 spiro atoms. The Hall–Kier alpha value is -2.39. The van der Waals surface area contributed by atoms with Crippen molar-refractivity contribution in [3.63, 3.8) is 0 Å². The summed E-state index contributed by atoms with van der Waals surface area (Å²) in [5.74, 6) is 0.874. The van der Waals surface area contributed by atoms with Crippen molar-refractivity contribution >= 4 is 0 Å². The molecule has 2 unspecified atom stereocenters. The summed E-state index contributed by atoms with van der Waals surface area (Å²) in [5.41, 5.74) is -1.63. The van der Waals surface area contributed by atoms with Crippen LogP contribution in [0.1, 0.15) is 36.9 Å². The standard InChI is InChI=1S/C19H20FN3O2/c20-18(7-8-18)19(24,12-23-13-22-11-15(23)10-21)6-5-16-9-14-3-1-2-4-17(14)25-16/h1-4,11,13,16,24H,5-9,12H2. The molecule has 1 aliphatic heterocycles. The average Bonchev–Trinajstić information content (AvgIpc) is 3.06. The smallest absolute Gasteiger partial charge is 0.141 e. The topological polar surface area (TPSA) is 71.1 Å². The third-order valence-electron chi connectivity index (χ3n) is 5.38. The van der Waals surface area contributed by atoms with E-state index in [0.717, 1.165) is 17.7 Å². The predicted octanol–water partition coefficient (Wildman–Crippen LogP) is 2.77. The van der Waals surface area contributed by atoms with Crippen LogP contribution >= 0.6 is 0 Å². The Kier molecular flexibility index (Phi) is 3.77. The van der Waals surface area contributed by atoms with Crippen LogP contribution in [-0.4, -0.2) is 32.0 Å². The van der Waals surface area contributed by atoms with Gasteiger partial charge in [0.1, 0.15) is 34.9 Å². The van der Waals surface area contributed by atoms with Gasteiger partial charge in [0, 0.05) is 6.42 Å². The number of nitrogens with zero attached hydrogens (tertiary/aromatic N) is 3. The number of hydrogen-bond acceptors (Lipinski definition) is 4. The minimum absolute atomic E-state index is 0.0338. The number of aromatic nitrogens is 2. The van der Waals surface area contributed by atoms with E-state index >= 15 is 0 Å². The minimum Gasteiger partial charge on any atom is -0.490 e. The number of alkyl halides is 1. The maximum Gasteiger partial charge on any atom is 0.141 e. The van der Waals surface area contributed by atoms with Gasteiger partial charge in [-0.05, 0) is 37.3 Å². The molecule has 1 fully saturated rings. The number of nitriles is 1. The quantitative estimate of drug-likeness (QED) is 0.877. The first-order valence-corrected chi connectivity index (χ1v) is 8.59. The van der Waals surface area contributed by atoms with Crippen LogP contribution in [-0.2, 0) is 13.0 Å². The van der Waals surface area contributed by atoms with Gasteiger partial charge in [0.05, 0.1) is 19.1 Å². The van der Waals surface area contributed by atoms with Crippen molar-refractivity contribution < 1.29 is 14.2 Å². The summed E-state index contributed by atoms with van der Waals surface area (Å²) in [4.78, 5) is 3.93. The molecule has 0 saturated heterocycles. The van der Waals surface area contributed by atoms with Gasteiger partial charge < -0.3 is 14.4 Å². The van der Waals surface area contributed by atoms with Gasteiger partial charge in [0.15, 0.2) is 0 Å². The summed E-state index contributed by atoms with van der Waals surface area (Å²) < 4.78 is 22.3. The van der Waals surface area contributed by atoms with Gasteiger partial charge in [0.2, 0.25) is 0 Å². The highest BCUT2D eigenvalue weighted by molar-refractivity contribution is 5.37. The third kappa shape index (κ3) is 2.89. The van der Waals surface area contributed by atoms with Crippen LogP contribution < -0.4 is 4.74 Å². The number of imidazole rings is 1. The van der Waals surface area contributed by atoms with Crippen LogP contribution in [0.15, 0.2) is 36.8 Å². The molecular formula is C19H20FN3O2. The number of hydrogen-bond donors (Lipinski definition) is 1. The largest absolute Gasteiger partial charge is 0.490 e. The number of para-hydroxylation sites is 1. The zero-order chi connectivity index (χ0) is 17.5. The highest BCUT2D eigenvalue weighted by Gasteiger charge is 2.60. The molecule has 130 valence electrons. The van der Waals surface area contributed by atoms with Crippen molar-refractivity contribution in [3.05, 3.63) is 48.0 Å². The number of fused-ring (bicyclic) bond motifs is 1. The third-order valence-corrected chi connectivity index (χ3v) is 5.38. The molecule has 1 aromatic heterocycles.